The van der Waals surface area contributed by atoms with E-state index in [-0.39, 0.29) is 5.56 Å². The highest BCUT2D eigenvalue weighted by Gasteiger charge is 2.14. The van der Waals surface area contributed by atoms with Gasteiger partial charge < -0.3 is 10.6 Å². The summed E-state index contributed by atoms with van der Waals surface area (Å²) in [5, 5.41) is 0.968. The van der Waals surface area contributed by atoms with E-state index >= 15 is 0 Å². The molecule has 0 amide bonds. The quantitative estimate of drug-likeness (QED) is 0.775. The van der Waals surface area contributed by atoms with E-state index in [2.05, 4.69) is 9.97 Å². The molecule has 2 rings (SSSR count). The minimum Gasteiger partial charge on any atom is -0.394 e. The zero-order chi connectivity index (χ0) is 15.7. The van der Waals surface area contributed by atoms with E-state index in [1.54, 1.807) is 11.9 Å². The van der Waals surface area contributed by atoms with Crippen LogP contribution in [0.15, 0.2) is 32.0 Å². The van der Waals surface area contributed by atoms with Crippen LogP contribution in [0, 0.1) is 0 Å². The zero-order valence-electron chi connectivity index (χ0n) is 12.2. The molecule has 2 aromatic rings. The van der Waals surface area contributed by atoms with Crippen LogP contribution in [0.4, 0.5) is 11.5 Å². The second-order valence-electron chi connectivity index (χ2n) is 4.63. The van der Waals surface area contributed by atoms with Gasteiger partial charge in [0.15, 0.2) is 5.82 Å². The first-order valence-electron chi connectivity index (χ1n) is 6.05. The second-order valence-corrected chi connectivity index (χ2v) is 5.64. The van der Waals surface area contributed by atoms with Gasteiger partial charge in [-0.25, -0.2) is 14.8 Å². The molecule has 0 aliphatic rings. The normalized spacial score (nSPS) is 10.7. The largest absolute Gasteiger partial charge is 0.394 e. The number of nitrogens with two attached hydrogens (primary N) is 1. The maximum absolute atomic E-state index is 11.9. The third-order valence-corrected chi connectivity index (χ3v) is 4.05. The van der Waals surface area contributed by atoms with Gasteiger partial charge in [-0.1, -0.05) is 0 Å². The summed E-state index contributed by atoms with van der Waals surface area (Å²) in [4.78, 5) is 33.6. The van der Waals surface area contributed by atoms with Gasteiger partial charge in [0, 0.05) is 34.3 Å². The first kappa shape index (κ1) is 15.1. The Bertz CT molecular complexity index is 795. The molecule has 0 unspecified atom stereocenters. The van der Waals surface area contributed by atoms with Crippen molar-refractivity contribution >= 4 is 23.3 Å². The summed E-state index contributed by atoms with van der Waals surface area (Å²) in [5.41, 5.74) is 5.66. The molecule has 0 spiro atoms. The van der Waals surface area contributed by atoms with Gasteiger partial charge in [0.2, 0.25) is 0 Å². The highest BCUT2D eigenvalue weighted by atomic mass is 32.2. The molecule has 0 aliphatic heterocycles. The lowest BCUT2D eigenvalue weighted by Crippen LogP contribution is -2.36. The van der Waals surface area contributed by atoms with E-state index in [9.17, 15) is 9.59 Å². The van der Waals surface area contributed by atoms with Crippen LogP contribution in [0.5, 0.6) is 0 Å². The highest BCUT2D eigenvalue weighted by molar-refractivity contribution is 7.99. The molecule has 0 radical (unpaired) electrons. The predicted octanol–water partition coefficient (Wildman–Crippen LogP) is -0.327. The Morgan fingerprint density at radius 1 is 1.19 bits per heavy atom. The first-order chi connectivity index (χ1) is 9.82. The maximum atomic E-state index is 11.9. The number of hydrogen-bond acceptors (Lipinski definition) is 7. The second kappa shape index (κ2) is 5.60. The van der Waals surface area contributed by atoms with Crippen molar-refractivity contribution in [1.29, 1.82) is 0 Å². The molecule has 9 heteroatoms. The molecule has 2 N–H and O–H groups in total. The van der Waals surface area contributed by atoms with Crippen LogP contribution in [0.1, 0.15) is 0 Å². The average molecular weight is 308 g/mol. The lowest BCUT2D eigenvalue weighted by Gasteiger charge is -2.15. The summed E-state index contributed by atoms with van der Waals surface area (Å²) in [6.07, 6.45) is 1.40. The fourth-order valence-corrected chi connectivity index (χ4v) is 2.59. The summed E-state index contributed by atoms with van der Waals surface area (Å²) < 4.78 is 2.42. The van der Waals surface area contributed by atoms with Gasteiger partial charge in [0.1, 0.15) is 17.0 Å². The fourth-order valence-electron chi connectivity index (χ4n) is 1.72. The number of nitrogens with zero attached hydrogens (tertiary/aromatic N) is 5. The molecule has 2 heterocycles. The van der Waals surface area contributed by atoms with E-state index < -0.39 is 5.69 Å². The van der Waals surface area contributed by atoms with Crippen LogP contribution in [0.2, 0.25) is 0 Å². The summed E-state index contributed by atoms with van der Waals surface area (Å²) in [5.74, 6) is 0.585. The Hall–Kier alpha value is -2.29. The van der Waals surface area contributed by atoms with Crippen molar-refractivity contribution in [2.24, 2.45) is 14.1 Å². The van der Waals surface area contributed by atoms with Crippen molar-refractivity contribution in [3.8, 4) is 0 Å². The average Bonchev–Trinajstić information content (AvgIpc) is 2.44. The molecular formula is C12H16N6O2S. The Kier molecular flexibility index (Phi) is 4.03. The van der Waals surface area contributed by atoms with Crippen molar-refractivity contribution < 1.29 is 0 Å². The number of rotatable bonds is 3. The van der Waals surface area contributed by atoms with Gasteiger partial charge in [0.25, 0.3) is 5.56 Å². The van der Waals surface area contributed by atoms with Crippen LogP contribution >= 0.6 is 11.8 Å². The Morgan fingerprint density at radius 2 is 1.86 bits per heavy atom. The molecule has 0 saturated carbocycles. The smallest absolute Gasteiger partial charge is 0.331 e. The van der Waals surface area contributed by atoms with Gasteiger partial charge in [-0.15, -0.1) is 0 Å². The van der Waals surface area contributed by atoms with Crippen LogP contribution in [-0.4, -0.2) is 33.2 Å². The molecule has 0 aromatic carbocycles. The first-order valence-corrected chi connectivity index (χ1v) is 6.87. The third-order valence-electron chi connectivity index (χ3n) is 2.93. The van der Waals surface area contributed by atoms with E-state index in [0.717, 1.165) is 16.3 Å². The number of hydrogen-bond donors (Lipinski definition) is 1. The monoisotopic (exact) mass is 308 g/mol. The summed E-state index contributed by atoms with van der Waals surface area (Å²) in [6.45, 7) is 0. The molecule has 21 heavy (non-hydrogen) atoms. The maximum Gasteiger partial charge on any atom is 0.331 e. The van der Waals surface area contributed by atoms with Crippen LogP contribution in [0.3, 0.4) is 0 Å². The minimum absolute atomic E-state index is 0.374. The Balaban J connectivity index is 2.52. The van der Waals surface area contributed by atoms with Gasteiger partial charge in [-0.3, -0.25) is 13.9 Å². The van der Waals surface area contributed by atoms with E-state index in [1.165, 1.54) is 24.0 Å². The molecule has 2 aromatic heterocycles. The van der Waals surface area contributed by atoms with Crippen molar-refractivity contribution in [2.75, 3.05) is 24.7 Å². The fraction of sp³-hybridized carbons (Fsp3) is 0.333. The molecule has 0 bridgehead atoms. The van der Waals surface area contributed by atoms with Crippen molar-refractivity contribution in [1.82, 2.24) is 19.1 Å². The van der Waals surface area contributed by atoms with Gasteiger partial charge in [0.05, 0.1) is 5.03 Å². The predicted molar refractivity (Wildman–Crippen MR) is 81.8 cm³/mol. The lowest BCUT2D eigenvalue weighted by molar-refractivity contribution is 0.635. The van der Waals surface area contributed by atoms with Crippen molar-refractivity contribution in [2.45, 2.75) is 10.1 Å². The molecule has 112 valence electrons. The van der Waals surface area contributed by atoms with E-state index in [1.807, 2.05) is 14.1 Å². The van der Waals surface area contributed by atoms with Gasteiger partial charge in [-0.05, 0) is 11.8 Å². The topological polar surface area (TPSA) is 99.0 Å². The summed E-state index contributed by atoms with van der Waals surface area (Å²) in [6, 6.07) is 1.38. The van der Waals surface area contributed by atoms with E-state index in [0.29, 0.717) is 21.6 Å². The van der Waals surface area contributed by atoms with Gasteiger partial charge >= 0.3 is 5.69 Å². The number of anilines is 2. The molecular weight excluding hydrogens is 292 g/mol. The molecule has 0 fully saturated rings. The molecule has 0 atom stereocenters. The highest BCUT2D eigenvalue weighted by Crippen LogP contribution is 2.32. The number of nitrogen functional groups attached to an aromatic ring is 1. The van der Waals surface area contributed by atoms with E-state index in [4.69, 9.17) is 5.73 Å². The number of aromatic nitrogens is 4. The Labute approximate surface area is 125 Å². The van der Waals surface area contributed by atoms with Crippen molar-refractivity contribution in [3.63, 3.8) is 0 Å². The van der Waals surface area contributed by atoms with Crippen LogP contribution in [-0.2, 0) is 14.1 Å². The van der Waals surface area contributed by atoms with Crippen molar-refractivity contribution in [3.05, 3.63) is 33.2 Å². The Morgan fingerprint density at radius 3 is 2.48 bits per heavy atom. The SMILES string of the molecule is CN(C)c1ncnc(Sc2cc(=O)n(C)c(=O)n2C)c1N. The molecule has 0 aliphatic carbocycles. The zero-order valence-corrected chi connectivity index (χ0v) is 13.0. The summed E-state index contributed by atoms with van der Waals surface area (Å²) >= 11 is 1.16. The minimum atomic E-state index is -0.398. The standard InChI is InChI=1S/C12H16N6O2S/c1-16(2)10-9(13)11(15-6-14-10)21-8-5-7(19)17(3)12(20)18(8)4/h5-6H,13H2,1-4H3. The lowest BCUT2D eigenvalue weighted by atomic mass is 10.4. The molecule has 8 nitrogen and oxygen atoms in total. The van der Waals surface area contributed by atoms with Crippen LogP contribution in [0.25, 0.3) is 0 Å². The third kappa shape index (κ3) is 2.77. The van der Waals surface area contributed by atoms with Crippen LogP contribution < -0.4 is 21.9 Å². The molecule has 0 saturated heterocycles. The van der Waals surface area contributed by atoms with Gasteiger partial charge in [-0.2, -0.15) is 0 Å². The summed E-state index contributed by atoms with van der Waals surface area (Å²) in [7, 11) is 6.67.